The standard InChI is InChI=1S/C21H20FN3O3/c1-27-19-8-7-16(12-20(19)28-2)25-17-9-10-23-18(11-17)21(26)24-13-14-3-5-15(22)6-4-14/h3-12H,13H2,1-2H3,(H,23,25)(H,24,26). The van der Waals surface area contributed by atoms with Gasteiger partial charge in [0, 0.05) is 30.2 Å². The zero-order valence-corrected chi connectivity index (χ0v) is 15.5. The highest BCUT2D eigenvalue weighted by molar-refractivity contribution is 5.93. The van der Waals surface area contributed by atoms with Gasteiger partial charge < -0.3 is 20.1 Å². The van der Waals surface area contributed by atoms with E-state index in [-0.39, 0.29) is 24.0 Å². The number of anilines is 2. The molecule has 0 bridgehead atoms. The molecule has 0 saturated heterocycles. The fraction of sp³-hybridized carbons (Fsp3) is 0.143. The number of rotatable bonds is 7. The molecule has 0 spiro atoms. The Morgan fingerprint density at radius 2 is 1.68 bits per heavy atom. The summed E-state index contributed by atoms with van der Waals surface area (Å²) in [6.45, 7) is 0.286. The van der Waals surface area contributed by atoms with E-state index in [0.29, 0.717) is 17.2 Å². The van der Waals surface area contributed by atoms with Crippen LogP contribution in [0.3, 0.4) is 0 Å². The summed E-state index contributed by atoms with van der Waals surface area (Å²) in [5.41, 5.74) is 2.55. The van der Waals surface area contributed by atoms with E-state index in [4.69, 9.17) is 9.47 Å². The monoisotopic (exact) mass is 381 g/mol. The van der Waals surface area contributed by atoms with Crippen LogP contribution in [0, 0.1) is 5.82 Å². The lowest BCUT2D eigenvalue weighted by Crippen LogP contribution is -2.23. The molecule has 2 aromatic carbocycles. The second-order valence-electron chi connectivity index (χ2n) is 5.93. The normalized spacial score (nSPS) is 10.2. The van der Waals surface area contributed by atoms with Gasteiger partial charge in [-0.2, -0.15) is 0 Å². The number of hydrogen-bond acceptors (Lipinski definition) is 5. The molecule has 3 aromatic rings. The van der Waals surface area contributed by atoms with Crippen LogP contribution in [0.5, 0.6) is 11.5 Å². The average molecular weight is 381 g/mol. The average Bonchev–Trinajstić information content (AvgIpc) is 2.73. The number of methoxy groups -OCH3 is 2. The molecule has 0 aliphatic rings. The van der Waals surface area contributed by atoms with Crippen molar-refractivity contribution in [3.63, 3.8) is 0 Å². The summed E-state index contributed by atoms with van der Waals surface area (Å²) in [4.78, 5) is 16.5. The van der Waals surface area contributed by atoms with Gasteiger partial charge in [0.15, 0.2) is 11.5 Å². The number of aromatic nitrogens is 1. The molecule has 0 saturated carbocycles. The van der Waals surface area contributed by atoms with E-state index < -0.39 is 0 Å². The van der Waals surface area contributed by atoms with Crippen molar-refractivity contribution in [1.82, 2.24) is 10.3 Å². The van der Waals surface area contributed by atoms with E-state index in [0.717, 1.165) is 11.3 Å². The molecule has 0 fully saturated rings. The molecule has 1 heterocycles. The van der Waals surface area contributed by atoms with Gasteiger partial charge in [0.2, 0.25) is 0 Å². The first-order chi connectivity index (χ1) is 13.6. The van der Waals surface area contributed by atoms with Gasteiger partial charge in [-0.05, 0) is 42.0 Å². The van der Waals surface area contributed by atoms with Crippen LogP contribution >= 0.6 is 0 Å². The fourth-order valence-electron chi connectivity index (χ4n) is 2.59. The highest BCUT2D eigenvalue weighted by atomic mass is 19.1. The number of carbonyl (C=O) groups excluding carboxylic acids is 1. The van der Waals surface area contributed by atoms with Crippen LogP contribution in [0.2, 0.25) is 0 Å². The Hall–Kier alpha value is -3.61. The van der Waals surface area contributed by atoms with E-state index in [1.807, 2.05) is 6.07 Å². The Kier molecular flexibility index (Phi) is 6.06. The SMILES string of the molecule is COc1ccc(Nc2ccnc(C(=O)NCc3ccc(F)cc3)c2)cc1OC. The van der Waals surface area contributed by atoms with Gasteiger partial charge in [0.05, 0.1) is 14.2 Å². The minimum absolute atomic E-state index is 0.271. The van der Waals surface area contributed by atoms with E-state index in [2.05, 4.69) is 15.6 Å². The van der Waals surface area contributed by atoms with Crippen molar-refractivity contribution in [3.05, 3.63) is 77.9 Å². The number of hydrogen-bond donors (Lipinski definition) is 2. The summed E-state index contributed by atoms with van der Waals surface area (Å²) in [7, 11) is 3.14. The van der Waals surface area contributed by atoms with Gasteiger partial charge in [0.25, 0.3) is 5.91 Å². The Bertz CT molecular complexity index is 961. The van der Waals surface area contributed by atoms with Gasteiger partial charge in [0.1, 0.15) is 11.5 Å². The van der Waals surface area contributed by atoms with Crippen LogP contribution in [-0.2, 0) is 6.54 Å². The van der Waals surface area contributed by atoms with Crippen LogP contribution in [0.1, 0.15) is 16.1 Å². The number of nitrogens with zero attached hydrogens (tertiary/aromatic N) is 1. The Labute approximate surface area is 162 Å². The molecule has 3 rings (SSSR count). The molecule has 7 heteroatoms. The maximum Gasteiger partial charge on any atom is 0.270 e. The predicted molar refractivity (Wildman–Crippen MR) is 105 cm³/mol. The van der Waals surface area contributed by atoms with Crippen molar-refractivity contribution in [2.45, 2.75) is 6.54 Å². The maximum absolute atomic E-state index is 12.9. The second-order valence-corrected chi connectivity index (χ2v) is 5.93. The summed E-state index contributed by atoms with van der Waals surface area (Å²) in [6.07, 6.45) is 1.55. The third-order valence-electron chi connectivity index (χ3n) is 4.03. The Balaban J connectivity index is 1.67. The first-order valence-electron chi connectivity index (χ1n) is 8.57. The number of ether oxygens (including phenoxy) is 2. The molecule has 0 aliphatic carbocycles. The summed E-state index contributed by atoms with van der Waals surface area (Å²) in [6, 6.07) is 14.8. The highest BCUT2D eigenvalue weighted by Crippen LogP contribution is 2.31. The minimum atomic E-state index is -0.319. The van der Waals surface area contributed by atoms with E-state index in [9.17, 15) is 9.18 Å². The number of halogens is 1. The molecule has 0 atom stereocenters. The maximum atomic E-state index is 12.9. The van der Waals surface area contributed by atoms with Gasteiger partial charge in [-0.25, -0.2) is 4.39 Å². The van der Waals surface area contributed by atoms with Crippen molar-refractivity contribution in [1.29, 1.82) is 0 Å². The van der Waals surface area contributed by atoms with Gasteiger partial charge >= 0.3 is 0 Å². The number of nitrogens with one attached hydrogen (secondary N) is 2. The van der Waals surface area contributed by atoms with Crippen molar-refractivity contribution >= 4 is 17.3 Å². The number of carbonyl (C=O) groups is 1. The molecule has 1 aromatic heterocycles. The molecular weight excluding hydrogens is 361 g/mol. The van der Waals surface area contributed by atoms with E-state index in [1.165, 1.54) is 12.1 Å². The Morgan fingerprint density at radius 3 is 2.39 bits per heavy atom. The zero-order valence-electron chi connectivity index (χ0n) is 15.5. The molecular formula is C21H20FN3O3. The molecule has 0 aliphatic heterocycles. The topological polar surface area (TPSA) is 72.5 Å². The lowest BCUT2D eigenvalue weighted by molar-refractivity contribution is 0.0946. The summed E-state index contributed by atoms with van der Waals surface area (Å²) in [5.74, 6) is 0.591. The first-order valence-corrected chi connectivity index (χ1v) is 8.57. The van der Waals surface area contributed by atoms with Gasteiger partial charge in [-0.3, -0.25) is 9.78 Å². The lowest BCUT2D eigenvalue weighted by Gasteiger charge is -2.12. The number of amides is 1. The van der Waals surface area contributed by atoms with Crippen LogP contribution in [0.4, 0.5) is 15.8 Å². The number of benzene rings is 2. The number of pyridine rings is 1. The molecule has 0 radical (unpaired) electrons. The van der Waals surface area contributed by atoms with Crippen LogP contribution < -0.4 is 20.1 Å². The zero-order chi connectivity index (χ0) is 19.9. The van der Waals surface area contributed by atoms with Crippen LogP contribution in [-0.4, -0.2) is 25.1 Å². The van der Waals surface area contributed by atoms with Crippen molar-refractivity contribution in [2.24, 2.45) is 0 Å². The van der Waals surface area contributed by atoms with Crippen molar-refractivity contribution in [2.75, 3.05) is 19.5 Å². The highest BCUT2D eigenvalue weighted by Gasteiger charge is 2.09. The largest absolute Gasteiger partial charge is 0.493 e. The summed E-state index contributed by atoms with van der Waals surface area (Å²) < 4.78 is 23.5. The molecule has 1 amide bonds. The third kappa shape index (κ3) is 4.76. The van der Waals surface area contributed by atoms with Crippen LogP contribution in [0.25, 0.3) is 0 Å². The van der Waals surface area contributed by atoms with Crippen LogP contribution in [0.15, 0.2) is 60.8 Å². The summed E-state index contributed by atoms with van der Waals surface area (Å²) in [5, 5.41) is 5.98. The lowest BCUT2D eigenvalue weighted by atomic mass is 10.2. The molecule has 28 heavy (non-hydrogen) atoms. The van der Waals surface area contributed by atoms with E-state index in [1.54, 1.807) is 56.8 Å². The minimum Gasteiger partial charge on any atom is -0.493 e. The fourth-order valence-corrected chi connectivity index (χ4v) is 2.59. The van der Waals surface area contributed by atoms with Crippen molar-refractivity contribution in [3.8, 4) is 11.5 Å². The second kappa shape index (κ2) is 8.85. The summed E-state index contributed by atoms with van der Waals surface area (Å²) >= 11 is 0. The molecule has 6 nitrogen and oxygen atoms in total. The van der Waals surface area contributed by atoms with Gasteiger partial charge in [-0.15, -0.1) is 0 Å². The first kappa shape index (κ1) is 19.2. The predicted octanol–water partition coefficient (Wildman–Crippen LogP) is 3.91. The molecule has 0 unspecified atom stereocenters. The quantitative estimate of drug-likeness (QED) is 0.649. The third-order valence-corrected chi connectivity index (χ3v) is 4.03. The molecule has 2 N–H and O–H groups in total. The van der Waals surface area contributed by atoms with Gasteiger partial charge in [-0.1, -0.05) is 12.1 Å². The Morgan fingerprint density at radius 1 is 0.964 bits per heavy atom. The smallest absolute Gasteiger partial charge is 0.270 e. The molecule has 144 valence electrons. The van der Waals surface area contributed by atoms with E-state index >= 15 is 0 Å². The van der Waals surface area contributed by atoms with Crippen molar-refractivity contribution < 1.29 is 18.7 Å².